The van der Waals surface area contributed by atoms with Gasteiger partial charge in [-0.25, -0.2) is 0 Å². The maximum Gasteiger partial charge on any atom is 0.0690 e. The maximum absolute atomic E-state index is 9.65. The van der Waals surface area contributed by atoms with Gasteiger partial charge < -0.3 is 5.11 Å². The molecule has 0 radical (unpaired) electrons. The predicted molar refractivity (Wildman–Crippen MR) is 71.8 cm³/mol. The van der Waals surface area contributed by atoms with E-state index in [2.05, 4.69) is 37.3 Å². The van der Waals surface area contributed by atoms with Crippen molar-refractivity contribution in [3.8, 4) is 0 Å². The average molecular weight is 224 g/mol. The van der Waals surface area contributed by atoms with Gasteiger partial charge >= 0.3 is 0 Å². The summed E-state index contributed by atoms with van der Waals surface area (Å²) in [7, 11) is 0. The lowest BCUT2D eigenvalue weighted by Gasteiger charge is -2.20. The van der Waals surface area contributed by atoms with Crippen LogP contribution >= 0.6 is 0 Å². The topological polar surface area (TPSA) is 20.2 Å². The van der Waals surface area contributed by atoms with Crippen LogP contribution in [-0.4, -0.2) is 5.11 Å². The van der Waals surface area contributed by atoms with E-state index in [1.54, 1.807) is 0 Å². The lowest BCUT2D eigenvalue weighted by Crippen LogP contribution is -2.07. The molecule has 2 aromatic carbocycles. The Morgan fingerprint density at radius 3 is 2.94 bits per heavy atom. The molecule has 1 aliphatic carbocycles. The third-order valence-electron chi connectivity index (χ3n) is 3.60. The first kappa shape index (κ1) is 10.5. The Balaban J connectivity index is 2.35. The summed E-state index contributed by atoms with van der Waals surface area (Å²) in [6.45, 7) is 2.35. The average Bonchev–Trinajstić information content (AvgIpc) is 2.36. The molecular formula is C16H16O. The molecule has 3 rings (SSSR count). The van der Waals surface area contributed by atoms with Crippen LogP contribution in [0.15, 0.2) is 36.4 Å². The molecule has 0 aliphatic heterocycles. The van der Waals surface area contributed by atoms with E-state index in [-0.39, 0.29) is 6.61 Å². The molecule has 1 N–H and O–H groups in total. The first-order valence-corrected chi connectivity index (χ1v) is 6.12. The van der Waals surface area contributed by atoms with Gasteiger partial charge in [0.15, 0.2) is 0 Å². The molecule has 1 nitrogen and oxygen atoms in total. The van der Waals surface area contributed by atoms with E-state index in [1.807, 2.05) is 12.1 Å². The quantitative estimate of drug-likeness (QED) is 0.785. The van der Waals surface area contributed by atoms with E-state index < -0.39 is 0 Å². The summed E-state index contributed by atoms with van der Waals surface area (Å²) in [5.74, 6) is 0.564. The maximum atomic E-state index is 9.65. The highest BCUT2D eigenvalue weighted by molar-refractivity contribution is 5.90. The Bertz CT molecular complexity index is 596. The number of rotatable bonds is 1. The highest BCUT2D eigenvalue weighted by atomic mass is 16.3. The van der Waals surface area contributed by atoms with Gasteiger partial charge in [0.2, 0.25) is 0 Å². The zero-order valence-electron chi connectivity index (χ0n) is 9.98. The highest BCUT2D eigenvalue weighted by Gasteiger charge is 2.16. The molecule has 1 heteroatoms. The van der Waals surface area contributed by atoms with Gasteiger partial charge in [0.25, 0.3) is 0 Å². The molecule has 0 fully saturated rings. The molecule has 0 aromatic heterocycles. The summed E-state index contributed by atoms with van der Waals surface area (Å²) >= 11 is 0. The number of aliphatic hydroxyl groups is 1. The minimum Gasteiger partial charge on any atom is -0.392 e. The van der Waals surface area contributed by atoms with E-state index in [1.165, 1.54) is 21.9 Å². The number of fused-ring (bicyclic) bond motifs is 2. The van der Waals surface area contributed by atoms with Crippen molar-refractivity contribution in [3.63, 3.8) is 0 Å². The van der Waals surface area contributed by atoms with Gasteiger partial charge in [0, 0.05) is 0 Å². The molecule has 0 spiro atoms. The second kappa shape index (κ2) is 4.01. The molecule has 17 heavy (non-hydrogen) atoms. The van der Waals surface area contributed by atoms with Gasteiger partial charge in [-0.05, 0) is 45.9 Å². The molecule has 0 saturated heterocycles. The summed E-state index contributed by atoms with van der Waals surface area (Å²) in [4.78, 5) is 0. The van der Waals surface area contributed by atoms with E-state index in [4.69, 9.17) is 0 Å². The van der Waals surface area contributed by atoms with Crippen LogP contribution in [0.1, 0.15) is 23.6 Å². The molecule has 2 aromatic rings. The monoisotopic (exact) mass is 224 g/mol. The molecule has 0 bridgehead atoms. The number of benzene rings is 2. The number of hydrogen-bond donors (Lipinski definition) is 1. The van der Waals surface area contributed by atoms with Crippen LogP contribution in [0.3, 0.4) is 0 Å². The van der Waals surface area contributed by atoms with Crippen LogP contribution in [-0.2, 0) is 13.0 Å². The lowest BCUT2D eigenvalue weighted by molar-refractivity contribution is 0.282. The summed E-state index contributed by atoms with van der Waals surface area (Å²) in [6, 6.07) is 10.5. The molecule has 0 heterocycles. The molecule has 1 atom stereocenters. The van der Waals surface area contributed by atoms with Crippen molar-refractivity contribution >= 4 is 16.8 Å². The molecule has 1 unspecified atom stereocenters. The van der Waals surface area contributed by atoms with Crippen molar-refractivity contribution < 1.29 is 5.11 Å². The van der Waals surface area contributed by atoms with Gasteiger partial charge in [0.05, 0.1) is 6.61 Å². The fraction of sp³-hybridized carbons (Fsp3) is 0.250. The molecule has 86 valence electrons. The van der Waals surface area contributed by atoms with Gasteiger partial charge in [0.1, 0.15) is 0 Å². The predicted octanol–water partition coefficient (Wildman–Crippen LogP) is 3.54. The number of allylic oxidation sites excluding steroid dienone is 1. The normalized spacial score (nSPS) is 18.4. The third-order valence-corrected chi connectivity index (χ3v) is 3.60. The van der Waals surface area contributed by atoms with Gasteiger partial charge in [-0.2, -0.15) is 0 Å². The fourth-order valence-electron chi connectivity index (χ4n) is 2.72. The van der Waals surface area contributed by atoms with Gasteiger partial charge in [-0.3, -0.25) is 0 Å². The Morgan fingerprint density at radius 1 is 1.29 bits per heavy atom. The van der Waals surface area contributed by atoms with Crippen molar-refractivity contribution in [1.29, 1.82) is 0 Å². The van der Waals surface area contributed by atoms with Crippen molar-refractivity contribution in [2.24, 2.45) is 5.92 Å². The minimum atomic E-state index is 0.129. The smallest absolute Gasteiger partial charge is 0.0690 e. The van der Waals surface area contributed by atoms with E-state index in [0.717, 1.165) is 12.0 Å². The Hall–Kier alpha value is -1.60. The van der Waals surface area contributed by atoms with Gasteiger partial charge in [-0.1, -0.05) is 43.3 Å². The fourth-order valence-corrected chi connectivity index (χ4v) is 2.72. The summed E-state index contributed by atoms with van der Waals surface area (Å²) in [6.07, 6.45) is 5.47. The second-order valence-corrected chi connectivity index (χ2v) is 4.84. The van der Waals surface area contributed by atoms with Crippen molar-refractivity contribution in [1.82, 2.24) is 0 Å². The van der Waals surface area contributed by atoms with Crippen LogP contribution in [0.25, 0.3) is 16.8 Å². The van der Waals surface area contributed by atoms with Crippen molar-refractivity contribution in [2.75, 3.05) is 0 Å². The highest BCUT2D eigenvalue weighted by Crippen LogP contribution is 2.32. The minimum absolute atomic E-state index is 0.129. The summed E-state index contributed by atoms with van der Waals surface area (Å²) < 4.78 is 0. The molecular weight excluding hydrogens is 208 g/mol. The largest absolute Gasteiger partial charge is 0.392 e. The molecule has 1 aliphatic rings. The Morgan fingerprint density at radius 2 is 2.12 bits per heavy atom. The Labute approximate surface area is 101 Å². The number of aliphatic hydroxyl groups excluding tert-OH is 1. The van der Waals surface area contributed by atoms with Crippen LogP contribution in [0.4, 0.5) is 0 Å². The van der Waals surface area contributed by atoms with Crippen LogP contribution < -0.4 is 0 Å². The number of hydrogen-bond acceptors (Lipinski definition) is 1. The van der Waals surface area contributed by atoms with Crippen molar-refractivity contribution in [3.05, 3.63) is 53.1 Å². The summed E-state index contributed by atoms with van der Waals surface area (Å²) in [5.41, 5.74) is 3.70. The lowest BCUT2D eigenvalue weighted by atomic mass is 9.85. The van der Waals surface area contributed by atoms with Crippen LogP contribution in [0.5, 0.6) is 0 Å². The summed E-state index contributed by atoms with van der Waals surface area (Å²) in [5, 5.41) is 12.1. The first-order chi connectivity index (χ1) is 8.29. The first-order valence-electron chi connectivity index (χ1n) is 6.12. The molecule has 0 amide bonds. The van der Waals surface area contributed by atoms with Crippen molar-refractivity contribution in [2.45, 2.75) is 20.0 Å². The van der Waals surface area contributed by atoms with E-state index >= 15 is 0 Å². The van der Waals surface area contributed by atoms with Crippen LogP contribution in [0, 0.1) is 5.92 Å². The van der Waals surface area contributed by atoms with Crippen LogP contribution in [0.2, 0.25) is 0 Å². The van der Waals surface area contributed by atoms with E-state index in [9.17, 15) is 5.11 Å². The second-order valence-electron chi connectivity index (χ2n) is 4.84. The molecule has 0 saturated carbocycles. The zero-order valence-corrected chi connectivity index (χ0v) is 9.98. The standard InChI is InChI=1S/C16H16O/c1-11-6-7-13-9-12-4-2-3-5-14(12)16(10-17)15(13)8-11/h2-7,9,11,17H,8,10H2,1H3. The third kappa shape index (κ3) is 1.67. The van der Waals surface area contributed by atoms with Gasteiger partial charge in [-0.15, -0.1) is 0 Å². The zero-order chi connectivity index (χ0) is 11.8. The van der Waals surface area contributed by atoms with E-state index in [0.29, 0.717) is 5.92 Å². The SMILES string of the molecule is CC1C=Cc2cc3ccccc3c(CO)c2C1. The Kier molecular flexibility index (Phi) is 2.49.